The number of esters is 1. The predicted octanol–water partition coefficient (Wildman–Crippen LogP) is 7.84. The van der Waals surface area contributed by atoms with Crippen LogP contribution < -0.4 is 0 Å². The molecule has 36 heavy (non-hydrogen) atoms. The van der Waals surface area contributed by atoms with E-state index in [2.05, 4.69) is 46.4 Å². The van der Waals surface area contributed by atoms with Crippen LogP contribution in [0.25, 0.3) is 0 Å². The summed E-state index contributed by atoms with van der Waals surface area (Å²) in [5.74, 6) is 1.48. The third kappa shape index (κ3) is 5.09. The third-order valence-electron chi connectivity index (χ3n) is 10.5. The van der Waals surface area contributed by atoms with Gasteiger partial charge >= 0.3 is 5.97 Å². The summed E-state index contributed by atoms with van der Waals surface area (Å²) in [6, 6.07) is -0.779. The average molecular weight is 498 g/mol. The van der Waals surface area contributed by atoms with E-state index in [-0.39, 0.29) is 22.2 Å². The van der Waals surface area contributed by atoms with Gasteiger partial charge in [0.15, 0.2) is 6.10 Å². The minimum atomic E-state index is -0.779. The van der Waals surface area contributed by atoms with Crippen LogP contribution in [0.15, 0.2) is 36.0 Å². The maximum absolute atomic E-state index is 13.9. The molecule has 0 aliphatic heterocycles. The molecule has 200 valence electrons. The van der Waals surface area contributed by atoms with Crippen molar-refractivity contribution in [3.05, 3.63) is 46.1 Å². The first-order valence-electron chi connectivity index (χ1n) is 14.5. The second kappa shape index (κ2) is 10.8. The molecule has 0 aromatic carbocycles. The molecule has 5 nitrogen and oxygen atoms in total. The molecule has 0 aromatic rings. The van der Waals surface area contributed by atoms with E-state index < -0.39 is 17.6 Å². The number of carbonyl (C=O) groups is 1. The Morgan fingerprint density at radius 1 is 1.28 bits per heavy atom. The van der Waals surface area contributed by atoms with E-state index in [9.17, 15) is 14.9 Å². The van der Waals surface area contributed by atoms with Crippen LogP contribution in [0, 0.1) is 44.6 Å². The molecule has 0 saturated heterocycles. The normalized spacial score (nSPS) is 38.3. The number of rotatable bonds is 8. The number of nitro groups is 1. The lowest BCUT2D eigenvalue weighted by atomic mass is 9.47. The summed E-state index contributed by atoms with van der Waals surface area (Å²) >= 11 is 0. The number of unbranched alkanes of at least 4 members (excludes halogenated alkanes) is 1. The molecule has 0 bridgehead atoms. The summed E-state index contributed by atoms with van der Waals surface area (Å²) in [6.45, 7) is 12.9. The number of ether oxygens (including phenoxy) is 1. The third-order valence-corrected chi connectivity index (χ3v) is 10.5. The molecule has 4 rings (SSSR count). The van der Waals surface area contributed by atoms with E-state index in [1.165, 1.54) is 5.57 Å². The van der Waals surface area contributed by atoms with Gasteiger partial charge in [-0.3, -0.25) is 14.9 Å². The van der Waals surface area contributed by atoms with Crippen molar-refractivity contribution in [2.75, 3.05) is 0 Å². The zero-order valence-electron chi connectivity index (χ0n) is 23.0. The van der Waals surface area contributed by atoms with Crippen molar-refractivity contribution < 1.29 is 14.5 Å². The molecule has 0 radical (unpaired) electrons. The van der Waals surface area contributed by atoms with Gasteiger partial charge in [-0.05, 0) is 99.4 Å². The molecule has 7 unspecified atom stereocenters. The Morgan fingerprint density at radius 3 is 2.75 bits per heavy atom. The van der Waals surface area contributed by atoms with E-state index in [4.69, 9.17) is 4.74 Å². The predicted molar refractivity (Wildman–Crippen MR) is 144 cm³/mol. The van der Waals surface area contributed by atoms with E-state index >= 15 is 0 Å². The number of carbonyl (C=O) groups excluding carboxylic acids is 1. The van der Waals surface area contributed by atoms with E-state index in [1.54, 1.807) is 5.57 Å². The zero-order chi connectivity index (χ0) is 26.1. The molecular weight excluding hydrogens is 450 g/mol. The van der Waals surface area contributed by atoms with Crippen molar-refractivity contribution in [2.24, 2.45) is 34.5 Å². The molecule has 4 aliphatic rings. The minimum absolute atomic E-state index is 0.0669. The highest BCUT2D eigenvalue weighted by Gasteiger charge is 2.58. The van der Waals surface area contributed by atoms with Gasteiger partial charge in [0.1, 0.15) is 0 Å². The Kier molecular flexibility index (Phi) is 8.16. The summed E-state index contributed by atoms with van der Waals surface area (Å²) in [6.07, 6.45) is 17.3. The van der Waals surface area contributed by atoms with Gasteiger partial charge < -0.3 is 4.74 Å². The van der Waals surface area contributed by atoms with Crippen molar-refractivity contribution in [1.29, 1.82) is 0 Å². The lowest BCUT2D eigenvalue weighted by Crippen LogP contribution is -2.54. The number of hydrogen-bond donors (Lipinski definition) is 0. The van der Waals surface area contributed by atoms with Crippen LogP contribution in [0.3, 0.4) is 0 Å². The first-order valence-corrected chi connectivity index (χ1v) is 14.5. The first-order chi connectivity index (χ1) is 17.1. The fourth-order valence-corrected chi connectivity index (χ4v) is 8.24. The largest absolute Gasteiger partial charge is 0.455 e. The van der Waals surface area contributed by atoms with Gasteiger partial charge in [0.05, 0.1) is 5.41 Å². The summed E-state index contributed by atoms with van der Waals surface area (Å²) in [5, 5.41) is 11.9. The number of hydrogen-bond acceptors (Lipinski definition) is 4. The second-order valence-corrected chi connectivity index (χ2v) is 12.9. The molecule has 0 N–H and O–H groups in total. The van der Waals surface area contributed by atoms with Crippen LogP contribution in [0.1, 0.15) is 105 Å². The van der Waals surface area contributed by atoms with Gasteiger partial charge in [-0.2, -0.15) is 0 Å². The lowest BCUT2D eigenvalue weighted by Gasteiger charge is -2.57. The molecule has 0 aromatic heterocycles. The highest BCUT2D eigenvalue weighted by molar-refractivity contribution is 5.77. The average Bonchev–Trinajstić information content (AvgIpc) is 2.83. The molecule has 5 heteroatoms. The van der Waals surface area contributed by atoms with Crippen LogP contribution in [-0.2, 0) is 9.53 Å². The second-order valence-electron chi connectivity index (χ2n) is 12.9. The zero-order valence-corrected chi connectivity index (χ0v) is 23.0. The topological polar surface area (TPSA) is 69.4 Å². The fourth-order valence-electron chi connectivity index (χ4n) is 8.24. The van der Waals surface area contributed by atoms with Crippen molar-refractivity contribution in [3.63, 3.8) is 0 Å². The monoisotopic (exact) mass is 497 g/mol. The van der Waals surface area contributed by atoms with E-state index in [1.807, 2.05) is 6.08 Å². The number of nitrogens with zero attached hydrogens (tertiary/aromatic N) is 1. The molecular formula is C31H47NO4. The van der Waals surface area contributed by atoms with Gasteiger partial charge in [0.2, 0.25) is 6.04 Å². The summed E-state index contributed by atoms with van der Waals surface area (Å²) < 4.78 is 6.19. The number of fused-ring (bicyclic) bond motifs is 3. The van der Waals surface area contributed by atoms with Crippen LogP contribution >= 0.6 is 0 Å². The van der Waals surface area contributed by atoms with Gasteiger partial charge in [0, 0.05) is 11.3 Å². The quantitative estimate of drug-likeness (QED) is 0.113. The Balaban J connectivity index is 1.53. The van der Waals surface area contributed by atoms with Crippen molar-refractivity contribution >= 4 is 5.97 Å². The Hall–Kier alpha value is -1.91. The molecule has 0 heterocycles. The Bertz CT molecular complexity index is 920. The van der Waals surface area contributed by atoms with Gasteiger partial charge in [-0.15, -0.1) is 6.58 Å². The fraction of sp³-hybridized carbons (Fsp3) is 0.774. The highest BCUT2D eigenvalue weighted by atomic mass is 16.6. The summed E-state index contributed by atoms with van der Waals surface area (Å²) in [7, 11) is 0. The van der Waals surface area contributed by atoms with Gasteiger partial charge in [-0.25, -0.2) is 0 Å². The smallest absolute Gasteiger partial charge is 0.312 e. The van der Waals surface area contributed by atoms with Crippen LogP contribution in [-0.4, -0.2) is 23.0 Å². The standard InChI is InChI=1S/C31H47NO4/c1-6-7-8-10-22-11-15-26(32(34)35)27(19-22)36-29(33)31(5)18-9-17-30(4)25-14-12-23(21(2)3)20-24(25)13-16-28(30)31/h6,13,20-22,25-28H,1,7-12,14-19H2,2-5H3. The molecule has 7 atom stereocenters. The molecule has 2 saturated carbocycles. The highest BCUT2D eigenvalue weighted by Crippen LogP contribution is 2.62. The van der Waals surface area contributed by atoms with E-state index in [0.29, 0.717) is 30.6 Å². The molecule has 2 fully saturated rings. The first kappa shape index (κ1) is 27.1. The maximum Gasteiger partial charge on any atom is 0.312 e. The van der Waals surface area contributed by atoms with Gasteiger partial charge in [0.25, 0.3) is 0 Å². The maximum atomic E-state index is 13.9. The Morgan fingerprint density at radius 2 is 2.06 bits per heavy atom. The van der Waals surface area contributed by atoms with Crippen LogP contribution in [0.5, 0.6) is 0 Å². The summed E-state index contributed by atoms with van der Waals surface area (Å²) in [5.41, 5.74) is 2.50. The Labute approximate surface area is 218 Å². The molecule has 0 spiro atoms. The van der Waals surface area contributed by atoms with Crippen molar-refractivity contribution in [1.82, 2.24) is 0 Å². The van der Waals surface area contributed by atoms with E-state index in [0.717, 1.165) is 64.2 Å². The number of allylic oxidation sites excluding steroid dienone is 5. The molecule has 4 aliphatic carbocycles. The lowest BCUT2D eigenvalue weighted by molar-refractivity contribution is -0.538. The van der Waals surface area contributed by atoms with Gasteiger partial charge in [-0.1, -0.05) is 57.4 Å². The summed E-state index contributed by atoms with van der Waals surface area (Å²) in [4.78, 5) is 25.6. The van der Waals surface area contributed by atoms with Crippen molar-refractivity contribution in [3.8, 4) is 0 Å². The van der Waals surface area contributed by atoms with Crippen LogP contribution in [0.2, 0.25) is 0 Å². The minimum Gasteiger partial charge on any atom is -0.455 e. The van der Waals surface area contributed by atoms with Crippen molar-refractivity contribution in [2.45, 2.75) is 117 Å². The molecule has 0 amide bonds. The van der Waals surface area contributed by atoms with Crippen LogP contribution in [0.4, 0.5) is 0 Å². The SMILES string of the molecule is C=CCCCC1CCC([N+](=O)[O-])C(OC(=O)C2(C)CCCC3(C)C4CCC(C(C)C)=CC4=CCC23)C1.